The molecule has 2 heterocycles. The van der Waals surface area contributed by atoms with Gasteiger partial charge < -0.3 is 10.2 Å². The van der Waals surface area contributed by atoms with E-state index in [1.165, 1.54) is 22.7 Å². The number of nitrogens with zero attached hydrogens (tertiary/aromatic N) is 3. The van der Waals surface area contributed by atoms with Crippen LogP contribution in [0.25, 0.3) is 0 Å². The molecule has 1 aliphatic heterocycles. The summed E-state index contributed by atoms with van der Waals surface area (Å²) in [5.41, 5.74) is 0.657. The second-order valence-electron chi connectivity index (χ2n) is 6.82. The van der Waals surface area contributed by atoms with Gasteiger partial charge in [-0.25, -0.2) is 4.98 Å². The number of aromatic nitrogens is 1. The van der Waals surface area contributed by atoms with Gasteiger partial charge in [0.1, 0.15) is 4.88 Å². The fraction of sp³-hybridized carbons (Fsp3) is 0.688. The first kappa shape index (κ1) is 17.9. The van der Waals surface area contributed by atoms with Crippen molar-refractivity contribution < 1.29 is 9.59 Å². The van der Waals surface area contributed by atoms with Crippen LogP contribution in [0.2, 0.25) is 0 Å². The van der Waals surface area contributed by atoms with E-state index in [2.05, 4.69) is 29.0 Å². The van der Waals surface area contributed by atoms with Crippen LogP contribution >= 0.6 is 11.3 Å². The third-order valence-electron chi connectivity index (χ3n) is 3.96. The fourth-order valence-electron chi connectivity index (χ4n) is 3.13. The maximum Gasteiger partial charge on any atom is 0.265 e. The number of anilines is 1. The second-order valence-corrected chi connectivity index (χ2v) is 7.82. The molecule has 2 amide bonds. The minimum atomic E-state index is -0.0841. The monoisotopic (exact) mass is 338 g/mol. The number of aryl methyl sites for hydroxylation is 1. The first-order valence-corrected chi connectivity index (χ1v) is 8.79. The number of carbonyl (C=O) groups is 2. The summed E-state index contributed by atoms with van der Waals surface area (Å²) in [5.74, 6) is 1.10. The maximum absolute atomic E-state index is 12.2. The Balaban J connectivity index is 1.95. The Morgan fingerprint density at radius 3 is 2.48 bits per heavy atom. The molecular formula is C16H26N4O2S. The molecule has 6 nitrogen and oxygen atoms in total. The first-order valence-electron chi connectivity index (χ1n) is 7.97. The van der Waals surface area contributed by atoms with E-state index in [1.807, 2.05) is 0 Å². The Morgan fingerprint density at radius 1 is 1.30 bits per heavy atom. The normalized spacial score (nSPS) is 22.0. The quantitative estimate of drug-likeness (QED) is 0.913. The van der Waals surface area contributed by atoms with Gasteiger partial charge in [0, 0.05) is 27.2 Å². The molecule has 0 spiro atoms. The average molecular weight is 338 g/mol. The van der Waals surface area contributed by atoms with Gasteiger partial charge in [-0.15, -0.1) is 0 Å². The molecule has 1 N–H and O–H groups in total. The largest absolute Gasteiger partial charge is 0.344 e. The van der Waals surface area contributed by atoms with E-state index in [-0.39, 0.29) is 11.8 Å². The van der Waals surface area contributed by atoms with Crippen LogP contribution in [0.15, 0.2) is 0 Å². The topological polar surface area (TPSA) is 65.5 Å². The Labute approximate surface area is 141 Å². The van der Waals surface area contributed by atoms with E-state index in [0.717, 1.165) is 13.1 Å². The minimum absolute atomic E-state index is 0.0658. The van der Waals surface area contributed by atoms with E-state index in [4.69, 9.17) is 0 Å². The average Bonchev–Trinajstić information content (AvgIpc) is 2.76. The number of carbonyl (C=O) groups excluding carboxylic acids is 2. The summed E-state index contributed by atoms with van der Waals surface area (Å²) in [6, 6.07) is 0. The van der Waals surface area contributed by atoms with Crippen LogP contribution < -0.4 is 5.32 Å². The van der Waals surface area contributed by atoms with Crippen molar-refractivity contribution in [3.05, 3.63) is 10.6 Å². The predicted octanol–water partition coefficient (Wildman–Crippen LogP) is 2.07. The highest BCUT2D eigenvalue weighted by Gasteiger charge is 2.24. The Morgan fingerprint density at radius 2 is 1.91 bits per heavy atom. The van der Waals surface area contributed by atoms with Crippen molar-refractivity contribution in [1.82, 2.24) is 14.8 Å². The van der Waals surface area contributed by atoms with E-state index < -0.39 is 0 Å². The highest BCUT2D eigenvalue weighted by molar-refractivity contribution is 7.17. The summed E-state index contributed by atoms with van der Waals surface area (Å²) >= 11 is 1.23. The SMILES string of the molecule is Cc1nc(NC(=O)CN2C[C@H](C)C[C@@H](C)C2)sc1C(=O)N(C)C. The molecule has 7 heteroatoms. The molecule has 2 rings (SSSR count). The lowest BCUT2D eigenvalue weighted by molar-refractivity contribution is -0.117. The van der Waals surface area contributed by atoms with Crippen molar-refractivity contribution >= 4 is 28.3 Å². The zero-order valence-corrected chi connectivity index (χ0v) is 15.4. The molecule has 0 aliphatic carbocycles. The summed E-state index contributed by atoms with van der Waals surface area (Å²) in [6.07, 6.45) is 1.22. The van der Waals surface area contributed by atoms with Crippen molar-refractivity contribution in [2.75, 3.05) is 39.0 Å². The molecule has 1 aromatic heterocycles. The number of hydrogen-bond acceptors (Lipinski definition) is 5. The van der Waals surface area contributed by atoms with Crippen molar-refractivity contribution in [2.45, 2.75) is 27.2 Å². The van der Waals surface area contributed by atoms with Gasteiger partial charge in [-0.3, -0.25) is 14.5 Å². The molecule has 0 unspecified atom stereocenters. The smallest absolute Gasteiger partial charge is 0.265 e. The van der Waals surface area contributed by atoms with Gasteiger partial charge in [0.15, 0.2) is 5.13 Å². The summed E-state index contributed by atoms with van der Waals surface area (Å²) in [5, 5.41) is 3.33. The van der Waals surface area contributed by atoms with Crippen molar-refractivity contribution in [3.8, 4) is 0 Å². The number of nitrogens with one attached hydrogen (secondary N) is 1. The van der Waals surface area contributed by atoms with Crippen LogP contribution in [-0.4, -0.2) is 60.3 Å². The third-order valence-corrected chi connectivity index (χ3v) is 5.02. The van der Waals surface area contributed by atoms with Gasteiger partial charge >= 0.3 is 0 Å². The molecule has 1 fully saturated rings. The summed E-state index contributed by atoms with van der Waals surface area (Å²) in [7, 11) is 3.41. The summed E-state index contributed by atoms with van der Waals surface area (Å²) in [6.45, 7) is 8.53. The third kappa shape index (κ3) is 4.75. The lowest BCUT2D eigenvalue weighted by atomic mass is 9.92. The number of thiazole rings is 1. The van der Waals surface area contributed by atoms with Crippen LogP contribution in [0.1, 0.15) is 35.6 Å². The molecular weight excluding hydrogens is 312 g/mol. The standard InChI is InChI=1S/C16H26N4O2S/c1-10-6-11(2)8-20(7-10)9-13(21)18-16-17-12(3)14(23-16)15(22)19(4)5/h10-11H,6-9H2,1-5H3,(H,17,18,21)/t10-,11-/m1/s1. The number of amides is 2. The van der Waals surface area contributed by atoms with Crippen LogP contribution in [-0.2, 0) is 4.79 Å². The highest BCUT2D eigenvalue weighted by atomic mass is 32.1. The number of piperidine rings is 1. The first-order chi connectivity index (χ1) is 10.8. The van der Waals surface area contributed by atoms with Crippen molar-refractivity contribution in [3.63, 3.8) is 0 Å². The lowest BCUT2D eigenvalue weighted by Gasteiger charge is -2.34. The highest BCUT2D eigenvalue weighted by Crippen LogP contribution is 2.24. The van der Waals surface area contributed by atoms with E-state index in [9.17, 15) is 9.59 Å². The van der Waals surface area contributed by atoms with Crippen LogP contribution in [0.4, 0.5) is 5.13 Å². The van der Waals surface area contributed by atoms with Crippen LogP contribution in [0, 0.1) is 18.8 Å². The molecule has 0 radical (unpaired) electrons. The zero-order valence-electron chi connectivity index (χ0n) is 14.5. The molecule has 0 aromatic carbocycles. The zero-order chi connectivity index (χ0) is 17.1. The summed E-state index contributed by atoms with van der Waals surface area (Å²) in [4.78, 5) is 32.8. The van der Waals surface area contributed by atoms with Crippen molar-refractivity contribution in [1.29, 1.82) is 0 Å². The predicted molar refractivity (Wildman–Crippen MR) is 92.9 cm³/mol. The molecule has 2 atom stereocenters. The number of rotatable bonds is 4. The minimum Gasteiger partial charge on any atom is -0.344 e. The van der Waals surface area contributed by atoms with E-state index in [0.29, 0.717) is 34.1 Å². The van der Waals surface area contributed by atoms with Crippen LogP contribution in [0.5, 0.6) is 0 Å². The van der Waals surface area contributed by atoms with Gasteiger partial charge in [0.2, 0.25) is 5.91 Å². The van der Waals surface area contributed by atoms with Gasteiger partial charge in [-0.05, 0) is 25.2 Å². The molecule has 1 aliphatic rings. The maximum atomic E-state index is 12.2. The Hall–Kier alpha value is -1.47. The van der Waals surface area contributed by atoms with Gasteiger partial charge in [-0.2, -0.15) is 0 Å². The Kier molecular flexibility index (Phi) is 5.75. The second kappa shape index (κ2) is 7.40. The molecule has 0 bridgehead atoms. The van der Waals surface area contributed by atoms with Gasteiger partial charge in [-0.1, -0.05) is 25.2 Å². The van der Waals surface area contributed by atoms with E-state index in [1.54, 1.807) is 21.0 Å². The Bertz CT molecular complexity index is 575. The number of likely N-dealkylation sites (tertiary alicyclic amines) is 1. The molecule has 1 aromatic rings. The molecule has 128 valence electrons. The number of hydrogen-bond donors (Lipinski definition) is 1. The van der Waals surface area contributed by atoms with E-state index >= 15 is 0 Å². The van der Waals surface area contributed by atoms with Crippen LogP contribution in [0.3, 0.4) is 0 Å². The molecule has 0 saturated carbocycles. The molecule has 1 saturated heterocycles. The van der Waals surface area contributed by atoms with Crippen molar-refractivity contribution in [2.24, 2.45) is 11.8 Å². The van der Waals surface area contributed by atoms with Gasteiger partial charge in [0.25, 0.3) is 5.91 Å². The fourth-order valence-corrected chi connectivity index (χ4v) is 4.14. The lowest BCUT2D eigenvalue weighted by Crippen LogP contribution is -2.42. The van der Waals surface area contributed by atoms with Gasteiger partial charge in [0.05, 0.1) is 12.2 Å². The molecule has 23 heavy (non-hydrogen) atoms. The summed E-state index contributed by atoms with van der Waals surface area (Å²) < 4.78 is 0.